The predicted molar refractivity (Wildman–Crippen MR) is 86.8 cm³/mol. The second-order valence-electron chi connectivity index (χ2n) is 6.72. The second-order valence-corrected chi connectivity index (χ2v) is 6.72. The van der Waals surface area contributed by atoms with Gasteiger partial charge >= 0.3 is 0 Å². The van der Waals surface area contributed by atoms with Gasteiger partial charge in [-0.2, -0.15) is 0 Å². The molecule has 1 aliphatic heterocycles. The van der Waals surface area contributed by atoms with Gasteiger partial charge < -0.3 is 14.7 Å². The van der Waals surface area contributed by atoms with Crippen LogP contribution in [0.2, 0.25) is 0 Å². The van der Waals surface area contributed by atoms with Crippen LogP contribution in [0.3, 0.4) is 0 Å². The van der Waals surface area contributed by atoms with E-state index in [0.717, 1.165) is 50.5 Å². The third kappa shape index (κ3) is 3.01. The highest BCUT2D eigenvalue weighted by atomic mass is 16.5. The number of benzene rings is 1. The molecule has 1 aromatic carbocycles. The van der Waals surface area contributed by atoms with E-state index in [0.29, 0.717) is 6.04 Å². The smallest absolute Gasteiger partial charge is 0.214 e. The van der Waals surface area contributed by atoms with Crippen molar-refractivity contribution in [3.8, 4) is 5.75 Å². The van der Waals surface area contributed by atoms with Crippen LogP contribution in [-0.2, 0) is 4.74 Å². The molecule has 0 radical (unpaired) electrons. The van der Waals surface area contributed by atoms with Gasteiger partial charge in [-0.05, 0) is 47.5 Å². The number of rotatable bonds is 4. The number of phenols is 1. The summed E-state index contributed by atoms with van der Waals surface area (Å²) in [6.07, 6.45) is 4.80. The second kappa shape index (κ2) is 6.86. The number of tetrazole rings is 1. The molecule has 0 amide bonds. The summed E-state index contributed by atoms with van der Waals surface area (Å²) in [7, 11) is 0. The lowest BCUT2D eigenvalue weighted by Gasteiger charge is -2.31. The molecule has 128 valence electrons. The highest BCUT2D eigenvalue weighted by Gasteiger charge is 2.35. The average Bonchev–Trinajstić information content (AvgIpc) is 3.29. The van der Waals surface area contributed by atoms with Crippen molar-refractivity contribution in [2.75, 3.05) is 26.3 Å². The first-order chi connectivity index (χ1) is 11.8. The van der Waals surface area contributed by atoms with E-state index in [2.05, 4.69) is 15.5 Å². The average molecular weight is 330 g/mol. The van der Waals surface area contributed by atoms with Crippen LogP contribution in [0, 0.1) is 0 Å². The molecule has 7 nitrogen and oxygen atoms in total. The first-order valence-electron chi connectivity index (χ1n) is 8.82. The predicted octanol–water partition coefficient (Wildman–Crippen LogP) is 0.498. The molecule has 4 rings (SSSR count). The lowest BCUT2D eigenvalue weighted by Crippen LogP contribution is -3.14. The summed E-state index contributed by atoms with van der Waals surface area (Å²) in [5.41, 5.74) is 1.14. The summed E-state index contributed by atoms with van der Waals surface area (Å²) < 4.78 is 7.58. The largest absolute Gasteiger partial charge is 0.508 e. The third-order valence-electron chi connectivity index (χ3n) is 5.22. The monoisotopic (exact) mass is 330 g/mol. The Bertz CT molecular complexity index is 660. The van der Waals surface area contributed by atoms with Gasteiger partial charge in [-0.1, -0.05) is 12.8 Å². The summed E-state index contributed by atoms with van der Waals surface area (Å²) in [5.74, 6) is 1.22. The molecule has 2 N–H and O–H groups in total. The maximum Gasteiger partial charge on any atom is 0.214 e. The maximum atomic E-state index is 9.63. The fraction of sp³-hybridized carbons (Fsp3) is 0.588. The minimum atomic E-state index is 0.0742. The Morgan fingerprint density at radius 2 is 1.83 bits per heavy atom. The van der Waals surface area contributed by atoms with Gasteiger partial charge in [0.1, 0.15) is 18.8 Å². The Balaban J connectivity index is 1.72. The number of hydrogen-bond donors (Lipinski definition) is 2. The van der Waals surface area contributed by atoms with Gasteiger partial charge in [0.05, 0.1) is 19.3 Å². The normalized spacial score (nSPS) is 21.2. The van der Waals surface area contributed by atoms with Gasteiger partial charge in [0, 0.05) is 5.56 Å². The molecular weight excluding hydrogens is 306 g/mol. The molecule has 1 saturated carbocycles. The van der Waals surface area contributed by atoms with Crippen molar-refractivity contribution in [3.05, 3.63) is 35.7 Å². The number of morpholine rings is 1. The van der Waals surface area contributed by atoms with E-state index >= 15 is 0 Å². The summed E-state index contributed by atoms with van der Waals surface area (Å²) in [6, 6.07) is 7.93. The number of aromatic nitrogens is 4. The molecule has 24 heavy (non-hydrogen) atoms. The van der Waals surface area contributed by atoms with Gasteiger partial charge in [0.15, 0.2) is 6.04 Å². The number of phenolic OH excluding ortho intramolecular Hbond substituents is 1. The number of nitrogens with one attached hydrogen (secondary N) is 1. The maximum absolute atomic E-state index is 9.63. The molecule has 1 aromatic heterocycles. The minimum absolute atomic E-state index is 0.0742. The van der Waals surface area contributed by atoms with E-state index in [1.54, 1.807) is 12.1 Å². The number of aromatic hydroxyl groups is 1. The fourth-order valence-electron chi connectivity index (χ4n) is 3.96. The SMILES string of the molecule is Oc1ccc([C@@H](c2nnnn2C2CCCC2)[NH+]2CCOCC2)cc1. The zero-order valence-electron chi connectivity index (χ0n) is 13.8. The van der Waals surface area contributed by atoms with Crippen molar-refractivity contribution in [1.29, 1.82) is 0 Å². The number of hydrogen-bond acceptors (Lipinski definition) is 5. The summed E-state index contributed by atoms with van der Waals surface area (Å²) in [6.45, 7) is 3.38. The van der Waals surface area contributed by atoms with Crippen molar-refractivity contribution in [3.63, 3.8) is 0 Å². The molecule has 1 atom stereocenters. The Hall–Kier alpha value is -1.99. The lowest BCUT2D eigenvalue weighted by molar-refractivity contribution is -0.933. The lowest BCUT2D eigenvalue weighted by atomic mass is 10.0. The van der Waals surface area contributed by atoms with E-state index in [-0.39, 0.29) is 11.8 Å². The Labute approximate surface area is 141 Å². The topological polar surface area (TPSA) is 77.5 Å². The summed E-state index contributed by atoms with van der Waals surface area (Å²) >= 11 is 0. The summed E-state index contributed by atoms with van der Waals surface area (Å²) in [5, 5.41) is 22.4. The van der Waals surface area contributed by atoms with Crippen LogP contribution < -0.4 is 4.90 Å². The van der Waals surface area contributed by atoms with E-state index in [9.17, 15) is 5.11 Å². The molecular formula is C17H24N5O2+. The molecule has 2 fully saturated rings. The molecule has 2 aliphatic rings. The first-order valence-corrected chi connectivity index (χ1v) is 8.82. The van der Waals surface area contributed by atoms with E-state index < -0.39 is 0 Å². The molecule has 0 bridgehead atoms. The van der Waals surface area contributed by atoms with Gasteiger partial charge in [0.2, 0.25) is 5.82 Å². The minimum Gasteiger partial charge on any atom is -0.508 e. The standard InChI is InChI=1S/C17H23N5O2/c23-15-7-5-13(6-8-15)16(21-9-11-24-12-10-21)17-18-19-20-22(17)14-3-1-2-4-14/h5-8,14,16,23H,1-4,9-12H2/p+1/t16-/m0/s1. The number of nitrogens with zero attached hydrogens (tertiary/aromatic N) is 4. The van der Waals surface area contributed by atoms with E-state index in [1.165, 1.54) is 17.7 Å². The van der Waals surface area contributed by atoms with Crippen molar-refractivity contribution in [1.82, 2.24) is 20.2 Å². The van der Waals surface area contributed by atoms with Crippen LogP contribution >= 0.6 is 0 Å². The zero-order chi connectivity index (χ0) is 16.4. The van der Waals surface area contributed by atoms with Gasteiger partial charge in [-0.25, -0.2) is 4.68 Å². The van der Waals surface area contributed by atoms with E-state index in [4.69, 9.17) is 4.74 Å². The number of ether oxygens (including phenoxy) is 1. The van der Waals surface area contributed by atoms with Crippen molar-refractivity contribution < 1.29 is 14.7 Å². The summed E-state index contributed by atoms with van der Waals surface area (Å²) in [4.78, 5) is 1.42. The van der Waals surface area contributed by atoms with Crippen molar-refractivity contribution in [2.24, 2.45) is 0 Å². The first kappa shape index (κ1) is 15.5. The molecule has 0 spiro atoms. The van der Waals surface area contributed by atoms with Crippen molar-refractivity contribution >= 4 is 0 Å². The van der Waals surface area contributed by atoms with Gasteiger partial charge in [0.25, 0.3) is 0 Å². The van der Waals surface area contributed by atoms with Gasteiger partial charge in [-0.15, -0.1) is 5.10 Å². The van der Waals surface area contributed by atoms with Crippen molar-refractivity contribution in [2.45, 2.75) is 37.8 Å². The van der Waals surface area contributed by atoms with Gasteiger partial charge in [-0.3, -0.25) is 0 Å². The van der Waals surface area contributed by atoms with Crippen LogP contribution in [-0.4, -0.2) is 51.6 Å². The van der Waals surface area contributed by atoms with Crippen LogP contribution in [0.1, 0.15) is 49.2 Å². The zero-order valence-corrected chi connectivity index (χ0v) is 13.8. The Morgan fingerprint density at radius 3 is 2.54 bits per heavy atom. The fourth-order valence-corrected chi connectivity index (χ4v) is 3.96. The van der Waals surface area contributed by atoms with E-state index in [1.807, 2.05) is 16.8 Å². The van der Waals surface area contributed by atoms with Crippen LogP contribution in [0.5, 0.6) is 5.75 Å². The van der Waals surface area contributed by atoms with Crippen LogP contribution in [0.4, 0.5) is 0 Å². The molecule has 2 heterocycles. The third-order valence-corrected chi connectivity index (χ3v) is 5.22. The highest BCUT2D eigenvalue weighted by Crippen LogP contribution is 2.31. The van der Waals surface area contributed by atoms with Crippen LogP contribution in [0.25, 0.3) is 0 Å². The molecule has 1 aliphatic carbocycles. The Kier molecular flexibility index (Phi) is 4.44. The van der Waals surface area contributed by atoms with Crippen LogP contribution in [0.15, 0.2) is 24.3 Å². The Morgan fingerprint density at radius 1 is 1.12 bits per heavy atom. The number of quaternary nitrogens is 1. The molecule has 1 saturated heterocycles. The molecule has 2 aromatic rings. The quantitative estimate of drug-likeness (QED) is 0.854. The molecule has 0 unspecified atom stereocenters. The molecule has 7 heteroatoms. The highest BCUT2D eigenvalue weighted by molar-refractivity contribution is 5.29.